The van der Waals surface area contributed by atoms with Crippen molar-refractivity contribution in [2.24, 2.45) is 5.92 Å². The number of hydrogen-bond donors (Lipinski definition) is 1. The van der Waals surface area contributed by atoms with Crippen molar-refractivity contribution in [1.82, 2.24) is 0 Å². The molecule has 3 nitrogen and oxygen atoms in total. The van der Waals surface area contributed by atoms with E-state index in [4.69, 9.17) is 0 Å². The molecule has 1 rings (SSSR count). The SMILES string of the molecule is CCCCCC(=O)[C@H](CCCC)C(=O)Nc1ccccc1. The molecule has 0 aliphatic carbocycles. The Morgan fingerprint density at radius 1 is 1.00 bits per heavy atom. The van der Waals surface area contributed by atoms with Gasteiger partial charge in [0.1, 0.15) is 5.78 Å². The lowest BCUT2D eigenvalue weighted by atomic mass is 9.93. The first kappa shape index (κ1) is 17.4. The maximum absolute atomic E-state index is 12.4. The molecule has 116 valence electrons. The molecule has 0 unspecified atom stereocenters. The fourth-order valence-electron chi connectivity index (χ4n) is 2.32. The minimum Gasteiger partial charge on any atom is -0.325 e. The highest BCUT2D eigenvalue weighted by atomic mass is 16.2. The first-order valence-corrected chi connectivity index (χ1v) is 8.07. The van der Waals surface area contributed by atoms with Crippen molar-refractivity contribution in [3.63, 3.8) is 0 Å². The third-order valence-electron chi connectivity index (χ3n) is 3.62. The number of nitrogens with one attached hydrogen (secondary N) is 1. The standard InChI is InChI=1S/C18H27NO2/c1-3-5-8-14-17(20)16(13-6-4-2)18(21)19-15-11-9-7-10-12-15/h7,9-12,16H,3-6,8,13-14H2,1-2H3,(H,19,21)/t16-/m0/s1. The van der Waals surface area contributed by atoms with E-state index in [1.54, 1.807) is 0 Å². The number of rotatable bonds is 10. The van der Waals surface area contributed by atoms with E-state index in [9.17, 15) is 9.59 Å². The molecule has 0 bridgehead atoms. The van der Waals surface area contributed by atoms with E-state index in [-0.39, 0.29) is 11.7 Å². The third-order valence-corrected chi connectivity index (χ3v) is 3.62. The smallest absolute Gasteiger partial charge is 0.234 e. The van der Waals surface area contributed by atoms with E-state index < -0.39 is 5.92 Å². The zero-order valence-corrected chi connectivity index (χ0v) is 13.2. The Morgan fingerprint density at radius 2 is 1.67 bits per heavy atom. The van der Waals surface area contributed by atoms with Gasteiger partial charge in [0.05, 0.1) is 5.92 Å². The topological polar surface area (TPSA) is 46.2 Å². The van der Waals surface area contributed by atoms with Gasteiger partial charge in [-0.15, -0.1) is 0 Å². The summed E-state index contributed by atoms with van der Waals surface area (Å²) < 4.78 is 0. The van der Waals surface area contributed by atoms with E-state index in [1.165, 1.54) is 0 Å². The van der Waals surface area contributed by atoms with Gasteiger partial charge in [-0.1, -0.05) is 57.7 Å². The van der Waals surface area contributed by atoms with Crippen LogP contribution in [0.15, 0.2) is 30.3 Å². The number of carbonyl (C=O) groups excluding carboxylic acids is 2. The Morgan fingerprint density at radius 3 is 2.29 bits per heavy atom. The number of unbranched alkanes of at least 4 members (excludes halogenated alkanes) is 3. The number of carbonyl (C=O) groups is 2. The number of ketones is 1. The van der Waals surface area contributed by atoms with Crippen molar-refractivity contribution in [3.05, 3.63) is 30.3 Å². The second kappa shape index (κ2) is 10.1. The molecule has 1 atom stereocenters. The maximum atomic E-state index is 12.4. The van der Waals surface area contributed by atoms with Gasteiger partial charge < -0.3 is 5.32 Å². The normalized spacial score (nSPS) is 11.9. The van der Waals surface area contributed by atoms with E-state index in [0.717, 1.165) is 37.8 Å². The van der Waals surface area contributed by atoms with E-state index in [0.29, 0.717) is 12.8 Å². The van der Waals surface area contributed by atoms with Gasteiger partial charge in [-0.3, -0.25) is 9.59 Å². The molecule has 3 heteroatoms. The summed E-state index contributed by atoms with van der Waals surface area (Å²) in [5, 5.41) is 2.86. The van der Waals surface area contributed by atoms with Gasteiger partial charge in [0.2, 0.25) is 5.91 Å². The maximum Gasteiger partial charge on any atom is 0.234 e. The number of hydrogen-bond acceptors (Lipinski definition) is 2. The van der Waals surface area contributed by atoms with Gasteiger partial charge in [0.25, 0.3) is 0 Å². The van der Waals surface area contributed by atoms with Crippen molar-refractivity contribution in [1.29, 1.82) is 0 Å². The zero-order chi connectivity index (χ0) is 15.5. The Kier molecular flexibility index (Phi) is 8.41. The average Bonchev–Trinajstić information content (AvgIpc) is 2.49. The Labute approximate surface area is 128 Å². The number of anilines is 1. The molecule has 1 amide bonds. The highest BCUT2D eigenvalue weighted by molar-refractivity contribution is 6.07. The molecule has 1 aromatic rings. The summed E-state index contributed by atoms with van der Waals surface area (Å²) in [6.07, 6.45) is 6.10. The molecule has 0 saturated carbocycles. The summed E-state index contributed by atoms with van der Waals surface area (Å²) in [7, 11) is 0. The van der Waals surface area contributed by atoms with Crippen LogP contribution in [0.3, 0.4) is 0 Å². The largest absolute Gasteiger partial charge is 0.325 e. The van der Waals surface area contributed by atoms with Crippen LogP contribution in [-0.4, -0.2) is 11.7 Å². The average molecular weight is 289 g/mol. The fraction of sp³-hybridized carbons (Fsp3) is 0.556. The summed E-state index contributed by atoms with van der Waals surface area (Å²) in [6.45, 7) is 4.19. The van der Waals surface area contributed by atoms with Gasteiger partial charge in [-0.2, -0.15) is 0 Å². The summed E-state index contributed by atoms with van der Waals surface area (Å²) in [5.74, 6) is -0.566. The summed E-state index contributed by atoms with van der Waals surface area (Å²) >= 11 is 0. The van der Waals surface area contributed by atoms with Crippen LogP contribution in [0.1, 0.15) is 58.8 Å². The van der Waals surface area contributed by atoms with Gasteiger partial charge >= 0.3 is 0 Å². The first-order chi connectivity index (χ1) is 10.2. The van der Waals surface area contributed by atoms with Crippen LogP contribution in [0.25, 0.3) is 0 Å². The monoisotopic (exact) mass is 289 g/mol. The molecular weight excluding hydrogens is 262 g/mol. The lowest BCUT2D eigenvalue weighted by molar-refractivity contribution is -0.131. The number of amides is 1. The van der Waals surface area contributed by atoms with Crippen LogP contribution in [0.5, 0.6) is 0 Å². The molecule has 0 aliphatic heterocycles. The molecule has 0 aromatic heterocycles. The lowest BCUT2D eigenvalue weighted by Gasteiger charge is -2.15. The lowest BCUT2D eigenvalue weighted by Crippen LogP contribution is -2.29. The van der Waals surface area contributed by atoms with Crippen molar-refractivity contribution < 1.29 is 9.59 Å². The molecule has 0 saturated heterocycles. The first-order valence-electron chi connectivity index (χ1n) is 8.07. The van der Waals surface area contributed by atoms with Gasteiger partial charge in [-0.05, 0) is 25.0 Å². The molecule has 1 aromatic carbocycles. The highest BCUT2D eigenvalue weighted by Gasteiger charge is 2.25. The summed E-state index contributed by atoms with van der Waals surface area (Å²) in [5.41, 5.74) is 0.755. The Bertz CT molecular complexity index is 428. The molecule has 0 aliphatic rings. The van der Waals surface area contributed by atoms with Crippen molar-refractivity contribution in [3.8, 4) is 0 Å². The van der Waals surface area contributed by atoms with Crippen LogP contribution >= 0.6 is 0 Å². The minimum atomic E-state index is -0.498. The highest BCUT2D eigenvalue weighted by Crippen LogP contribution is 2.17. The predicted molar refractivity (Wildman–Crippen MR) is 87.2 cm³/mol. The summed E-state index contributed by atoms with van der Waals surface area (Å²) in [4.78, 5) is 24.7. The second-order valence-electron chi connectivity index (χ2n) is 5.47. The van der Waals surface area contributed by atoms with Gasteiger partial charge in [0.15, 0.2) is 0 Å². The van der Waals surface area contributed by atoms with Crippen molar-refractivity contribution in [2.75, 3.05) is 5.32 Å². The van der Waals surface area contributed by atoms with E-state index >= 15 is 0 Å². The molecule has 0 radical (unpaired) electrons. The van der Waals surface area contributed by atoms with Crippen molar-refractivity contribution >= 4 is 17.4 Å². The molecule has 21 heavy (non-hydrogen) atoms. The van der Waals surface area contributed by atoms with Crippen LogP contribution < -0.4 is 5.32 Å². The third kappa shape index (κ3) is 6.56. The second-order valence-corrected chi connectivity index (χ2v) is 5.47. The van der Waals surface area contributed by atoms with Crippen LogP contribution in [0.2, 0.25) is 0 Å². The van der Waals surface area contributed by atoms with E-state index in [1.807, 2.05) is 30.3 Å². The molecular formula is C18H27NO2. The Balaban J connectivity index is 2.62. The summed E-state index contributed by atoms with van der Waals surface area (Å²) in [6, 6.07) is 9.34. The van der Waals surface area contributed by atoms with Crippen LogP contribution in [0.4, 0.5) is 5.69 Å². The predicted octanol–water partition coefficient (Wildman–Crippen LogP) is 4.58. The van der Waals surface area contributed by atoms with Crippen molar-refractivity contribution in [2.45, 2.75) is 58.8 Å². The van der Waals surface area contributed by atoms with E-state index in [2.05, 4.69) is 19.2 Å². The fourth-order valence-corrected chi connectivity index (χ4v) is 2.32. The van der Waals surface area contributed by atoms with Crippen LogP contribution in [-0.2, 0) is 9.59 Å². The van der Waals surface area contributed by atoms with Crippen LogP contribution in [0, 0.1) is 5.92 Å². The molecule has 0 spiro atoms. The number of benzene rings is 1. The number of Topliss-reactive ketones (excluding diaryl/α,β-unsaturated/α-hetero) is 1. The van der Waals surface area contributed by atoms with Gasteiger partial charge in [-0.25, -0.2) is 0 Å². The molecule has 0 fully saturated rings. The van der Waals surface area contributed by atoms with Gasteiger partial charge in [0, 0.05) is 12.1 Å². The molecule has 1 N–H and O–H groups in total. The quantitative estimate of drug-likeness (QED) is 0.506. The molecule has 0 heterocycles. The zero-order valence-electron chi connectivity index (χ0n) is 13.2. The Hall–Kier alpha value is -1.64. The minimum absolute atomic E-state index is 0.0883. The number of para-hydroxylation sites is 1.